The van der Waals surface area contributed by atoms with E-state index in [9.17, 15) is 9.18 Å². The molecule has 0 aromatic heterocycles. The van der Waals surface area contributed by atoms with Crippen LogP contribution in [0.5, 0.6) is 0 Å². The van der Waals surface area contributed by atoms with Crippen LogP contribution in [0.4, 0.5) is 4.39 Å². The molecule has 0 heterocycles. The molecule has 0 saturated heterocycles. The van der Waals surface area contributed by atoms with Crippen LogP contribution in [-0.4, -0.2) is 29.1 Å². The van der Waals surface area contributed by atoms with Crippen molar-refractivity contribution >= 4 is 17.6 Å². The van der Waals surface area contributed by atoms with Crippen LogP contribution >= 0.6 is 11.6 Å². The maximum atomic E-state index is 13.6. The monoisotopic (exact) mass is 273 g/mol. The van der Waals surface area contributed by atoms with E-state index in [1.807, 2.05) is 13.8 Å². The highest BCUT2D eigenvalue weighted by molar-refractivity contribution is 6.30. The Hall–Kier alpha value is -1.13. The minimum atomic E-state index is -0.918. The molecule has 0 amide bonds. The SMILES string of the molecule is CC(C)CN(CC(=O)O)Cc1cc(Cl)ccc1F. The van der Waals surface area contributed by atoms with Crippen LogP contribution in [-0.2, 0) is 11.3 Å². The van der Waals surface area contributed by atoms with Crippen LogP contribution in [0.1, 0.15) is 19.4 Å². The molecule has 1 aromatic rings. The van der Waals surface area contributed by atoms with Crippen LogP contribution < -0.4 is 0 Å². The lowest BCUT2D eigenvalue weighted by Gasteiger charge is -2.22. The van der Waals surface area contributed by atoms with E-state index in [0.717, 1.165) is 0 Å². The maximum Gasteiger partial charge on any atom is 0.317 e. The predicted octanol–water partition coefficient (Wildman–Crippen LogP) is 3.02. The van der Waals surface area contributed by atoms with Crippen molar-refractivity contribution in [3.8, 4) is 0 Å². The van der Waals surface area contributed by atoms with Crippen molar-refractivity contribution in [2.24, 2.45) is 5.92 Å². The Balaban J connectivity index is 2.81. The molecular weight excluding hydrogens is 257 g/mol. The Morgan fingerprint density at radius 3 is 2.72 bits per heavy atom. The van der Waals surface area contributed by atoms with Gasteiger partial charge in [-0.25, -0.2) is 4.39 Å². The Bertz CT molecular complexity index is 423. The van der Waals surface area contributed by atoms with E-state index in [-0.39, 0.29) is 18.9 Å². The topological polar surface area (TPSA) is 40.5 Å². The number of aliphatic carboxylic acids is 1. The van der Waals surface area contributed by atoms with Crippen LogP contribution in [0.2, 0.25) is 5.02 Å². The molecule has 0 saturated carbocycles. The minimum Gasteiger partial charge on any atom is -0.480 e. The fourth-order valence-electron chi connectivity index (χ4n) is 1.80. The van der Waals surface area contributed by atoms with E-state index < -0.39 is 5.97 Å². The summed E-state index contributed by atoms with van der Waals surface area (Å²) in [6.45, 7) is 4.71. The summed E-state index contributed by atoms with van der Waals surface area (Å²) in [7, 11) is 0. The fraction of sp³-hybridized carbons (Fsp3) is 0.462. The van der Waals surface area contributed by atoms with Crippen LogP contribution in [0.25, 0.3) is 0 Å². The Kier molecular flexibility index (Phi) is 5.56. The van der Waals surface area contributed by atoms with Crippen molar-refractivity contribution in [3.05, 3.63) is 34.6 Å². The van der Waals surface area contributed by atoms with Gasteiger partial charge in [-0.1, -0.05) is 25.4 Å². The number of nitrogens with zero attached hydrogens (tertiary/aromatic N) is 1. The molecule has 0 radical (unpaired) electrons. The molecule has 18 heavy (non-hydrogen) atoms. The number of carboxylic acid groups (broad SMARTS) is 1. The summed E-state index contributed by atoms with van der Waals surface area (Å²) in [5.74, 6) is -0.969. The third kappa shape index (κ3) is 5.02. The highest BCUT2D eigenvalue weighted by Gasteiger charge is 2.14. The summed E-state index contributed by atoms with van der Waals surface area (Å²) >= 11 is 5.81. The van der Waals surface area contributed by atoms with Gasteiger partial charge in [0.15, 0.2) is 0 Å². The molecule has 0 fully saturated rings. The number of halogens is 2. The molecular formula is C13H17ClFNO2. The zero-order valence-electron chi connectivity index (χ0n) is 10.5. The van der Waals surface area contributed by atoms with Crippen LogP contribution in [0, 0.1) is 11.7 Å². The number of benzene rings is 1. The molecule has 0 spiro atoms. The first-order valence-electron chi connectivity index (χ1n) is 5.76. The molecule has 0 aliphatic carbocycles. The van der Waals surface area contributed by atoms with Gasteiger partial charge >= 0.3 is 5.97 Å². The summed E-state index contributed by atoms with van der Waals surface area (Å²) in [5.41, 5.74) is 0.421. The lowest BCUT2D eigenvalue weighted by molar-refractivity contribution is -0.138. The molecule has 0 bridgehead atoms. The molecule has 1 N–H and O–H groups in total. The maximum absolute atomic E-state index is 13.6. The zero-order valence-corrected chi connectivity index (χ0v) is 11.2. The zero-order chi connectivity index (χ0) is 13.7. The van der Waals surface area contributed by atoms with Gasteiger partial charge in [-0.2, -0.15) is 0 Å². The van der Waals surface area contributed by atoms with Crippen molar-refractivity contribution < 1.29 is 14.3 Å². The largest absolute Gasteiger partial charge is 0.480 e. The number of hydrogen-bond donors (Lipinski definition) is 1. The minimum absolute atomic E-state index is 0.107. The molecule has 0 aliphatic heterocycles. The standard InChI is InChI=1S/C13H17ClFNO2/c1-9(2)6-16(8-13(17)18)7-10-5-11(14)3-4-12(10)15/h3-5,9H,6-8H2,1-2H3,(H,17,18). The van der Waals surface area contributed by atoms with Gasteiger partial charge in [-0.05, 0) is 24.1 Å². The Labute approximate surface area is 111 Å². The van der Waals surface area contributed by atoms with E-state index in [1.54, 1.807) is 4.90 Å². The second-order valence-corrected chi connectivity index (χ2v) is 5.13. The number of carbonyl (C=O) groups is 1. The first-order chi connectivity index (χ1) is 8.38. The highest BCUT2D eigenvalue weighted by Crippen LogP contribution is 2.17. The van der Waals surface area contributed by atoms with Gasteiger partial charge < -0.3 is 5.11 Å². The summed E-state index contributed by atoms with van der Waals surface area (Å²) in [4.78, 5) is 12.5. The molecule has 0 unspecified atom stereocenters. The van der Waals surface area contributed by atoms with Gasteiger partial charge in [-0.3, -0.25) is 9.69 Å². The third-order valence-corrected chi connectivity index (χ3v) is 2.62. The van der Waals surface area contributed by atoms with Gasteiger partial charge in [0.25, 0.3) is 0 Å². The summed E-state index contributed by atoms with van der Waals surface area (Å²) in [5, 5.41) is 9.29. The molecule has 0 aliphatic rings. The average molecular weight is 274 g/mol. The lowest BCUT2D eigenvalue weighted by Crippen LogP contribution is -2.32. The van der Waals surface area contributed by atoms with Crippen molar-refractivity contribution in [2.45, 2.75) is 20.4 Å². The summed E-state index contributed by atoms with van der Waals surface area (Å²) in [6, 6.07) is 4.31. The fourth-order valence-corrected chi connectivity index (χ4v) is 1.99. The number of carboxylic acids is 1. The van der Waals surface area contributed by atoms with Gasteiger partial charge in [-0.15, -0.1) is 0 Å². The molecule has 0 atom stereocenters. The van der Waals surface area contributed by atoms with Gasteiger partial charge in [0.1, 0.15) is 5.82 Å². The van der Waals surface area contributed by atoms with Gasteiger partial charge in [0, 0.05) is 23.7 Å². The van der Waals surface area contributed by atoms with Crippen LogP contribution in [0.3, 0.4) is 0 Å². The van der Waals surface area contributed by atoms with Gasteiger partial charge in [0.2, 0.25) is 0 Å². The first-order valence-corrected chi connectivity index (χ1v) is 6.14. The lowest BCUT2D eigenvalue weighted by atomic mass is 10.1. The summed E-state index contributed by atoms with van der Waals surface area (Å²) in [6.07, 6.45) is 0. The highest BCUT2D eigenvalue weighted by atomic mass is 35.5. The van der Waals surface area contributed by atoms with Crippen LogP contribution in [0.15, 0.2) is 18.2 Å². The van der Waals surface area contributed by atoms with Crippen molar-refractivity contribution in [3.63, 3.8) is 0 Å². The third-order valence-electron chi connectivity index (χ3n) is 2.38. The summed E-state index contributed by atoms with van der Waals surface area (Å²) < 4.78 is 13.6. The molecule has 1 rings (SSSR count). The second kappa shape index (κ2) is 6.71. The number of hydrogen-bond acceptors (Lipinski definition) is 2. The van der Waals surface area contributed by atoms with E-state index in [4.69, 9.17) is 16.7 Å². The smallest absolute Gasteiger partial charge is 0.317 e. The molecule has 1 aromatic carbocycles. The molecule has 5 heteroatoms. The van der Waals surface area contributed by atoms with E-state index >= 15 is 0 Å². The average Bonchev–Trinajstić information content (AvgIpc) is 2.21. The van der Waals surface area contributed by atoms with E-state index in [2.05, 4.69) is 0 Å². The van der Waals surface area contributed by atoms with E-state index in [0.29, 0.717) is 23.0 Å². The normalized spacial score (nSPS) is 11.2. The van der Waals surface area contributed by atoms with Crippen molar-refractivity contribution in [2.75, 3.05) is 13.1 Å². The molecule has 100 valence electrons. The second-order valence-electron chi connectivity index (χ2n) is 4.69. The number of rotatable bonds is 6. The van der Waals surface area contributed by atoms with Crippen molar-refractivity contribution in [1.29, 1.82) is 0 Å². The predicted molar refractivity (Wildman–Crippen MR) is 69.2 cm³/mol. The Morgan fingerprint density at radius 1 is 1.50 bits per heavy atom. The quantitative estimate of drug-likeness (QED) is 0.866. The van der Waals surface area contributed by atoms with Crippen molar-refractivity contribution in [1.82, 2.24) is 4.90 Å². The molecule has 3 nitrogen and oxygen atoms in total. The first kappa shape index (κ1) is 14.9. The van der Waals surface area contributed by atoms with Gasteiger partial charge in [0.05, 0.1) is 6.54 Å². The Morgan fingerprint density at radius 2 is 2.17 bits per heavy atom. The van der Waals surface area contributed by atoms with E-state index in [1.165, 1.54) is 18.2 Å².